The van der Waals surface area contributed by atoms with Crippen LogP contribution in [0.25, 0.3) is 10.9 Å². The number of benzene rings is 2. The summed E-state index contributed by atoms with van der Waals surface area (Å²) in [6.07, 6.45) is 2.45. The molecule has 0 atom stereocenters. The van der Waals surface area contributed by atoms with E-state index in [4.69, 9.17) is 9.47 Å². The summed E-state index contributed by atoms with van der Waals surface area (Å²) < 4.78 is 38.4. The Morgan fingerprint density at radius 3 is 2.47 bits per heavy atom. The fourth-order valence-corrected chi connectivity index (χ4v) is 5.63. The summed E-state index contributed by atoms with van der Waals surface area (Å²) >= 11 is 0. The van der Waals surface area contributed by atoms with Crippen molar-refractivity contribution >= 4 is 26.4 Å². The second-order valence-electron chi connectivity index (χ2n) is 8.16. The molecule has 7 nitrogen and oxygen atoms in total. The molecule has 0 unspecified atom stereocenters. The van der Waals surface area contributed by atoms with Crippen LogP contribution in [0.5, 0.6) is 11.5 Å². The number of aromatic nitrogens is 1. The van der Waals surface area contributed by atoms with Gasteiger partial charge in [-0.1, -0.05) is 11.6 Å². The van der Waals surface area contributed by atoms with Crippen LogP contribution in [-0.4, -0.2) is 65.7 Å². The lowest BCUT2D eigenvalue weighted by Crippen LogP contribution is -2.30. The lowest BCUT2D eigenvalue weighted by atomic mass is 10.1. The van der Waals surface area contributed by atoms with Crippen molar-refractivity contribution in [3.8, 4) is 11.5 Å². The summed E-state index contributed by atoms with van der Waals surface area (Å²) in [6.45, 7) is 5.39. The van der Waals surface area contributed by atoms with Gasteiger partial charge in [-0.25, -0.2) is 8.42 Å². The Morgan fingerprint density at radius 1 is 0.938 bits per heavy atom. The van der Waals surface area contributed by atoms with Gasteiger partial charge in [-0.15, -0.1) is 0 Å². The number of hydrogen-bond donors (Lipinski definition) is 0. The van der Waals surface area contributed by atoms with E-state index in [-0.39, 0.29) is 9.79 Å². The third-order valence-electron chi connectivity index (χ3n) is 5.95. The fraction of sp³-hybridized carbons (Fsp3) is 0.375. The molecule has 1 fully saturated rings. The predicted octanol–water partition coefficient (Wildman–Crippen LogP) is 3.54. The predicted molar refractivity (Wildman–Crippen MR) is 126 cm³/mol. The van der Waals surface area contributed by atoms with Crippen LogP contribution in [0.2, 0.25) is 0 Å². The monoisotopic (exact) mass is 455 g/mol. The van der Waals surface area contributed by atoms with E-state index in [1.807, 2.05) is 25.1 Å². The molecule has 170 valence electrons. The number of aryl methyl sites for hydroxylation is 1. The Bertz CT molecular complexity index is 1240. The first-order valence-electron chi connectivity index (χ1n) is 10.6. The Labute approximate surface area is 189 Å². The highest BCUT2D eigenvalue weighted by Crippen LogP contribution is 2.38. The van der Waals surface area contributed by atoms with E-state index in [0.29, 0.717) is 11.5 Å². The van der Waals surface area contributed by atoms with Gasteiger partial charge in [0, 0.05) is 37.3 Å². The average Bonchev–Trinajstić information content (AvgIpc) is 3.01. The molecular weight excluding hydrogens is 426 g/mol. The van der Waals surface area contributed by atoms with E-state index in [1.54, 1.807) is 12.1 Å². The van der Waals surface area contributed by atoms with Crippen LogP contribution in [0.1, 0.15) is 12.0 Å². The summed E-state index contributed by atoms with van der Waals surface area (Å²) in [6, 6.07) is 10.7. The zero-order chi connectivity index (χ0) is 22.9. The van der Waals surface area contributed by atoms with Crippen LogP contribution in [0, 0.1) is 6.92 Å². The van der Waals surface area contributed by atoms with Crippen molar-refractivity contribution < 1.29 is 17.9 Å². The number of anilines is 1. The summed E-state index contributed by atoms with van der Waals surface area (Å²) in [5.41, 5.74) is 2.58. The van der Waals surface area contributed by atoms with Gasteiger partial charge in [0.1, 0.15) is 4.90 Å². The van der Waals surface area contributed by atoms with Crippen molar-refractivity contribution in [1.29, 1.82) is 0 Å². The first-order chi connectivity index (χ1) is 15.3. The number of nitrogens with zero attached hydrogens (tertiary/aromatic N) is 3. The van der Waals surface area contributed by atoms with Crippen molar-refractivity contribution in [3.05, 3.63) is 48.2 Å². The van der Waals surface area contributed by atoms with E-state index in [1.165, 1.54) is 26.5 Å². The molecule has 0 N–H and O–H groups in total. The minimum Gasteiger partial charge on any atom is -0.493 e. The molecule has 4 rings (SSSR count). The topological polar surface area (TPSA) is 72.0 Å². The van der Waals surface area contributed by atoms with Crippen LogP contribution in [0.15, 0.2) is 52.4 Å². The smallest absolute Gasteiger partial charge is 0.210 e. The van der Waals surface area contributed by atoms with Gasteiger partial charge in [0.2, 0.25) is 9.84 Å². The van der Waals surface area contributed by atoms with Gasteiger partial charge in [-0.05, 0) is 51.2 Å². The number of methoxy groups -OCH3 is 2. The van der Waals surface area contributed by atoms with Crippen LogP contribution in [-0.2, 0) is 9.84 Å². The number of pyridine rings is 1. The van der Waals surface area contributed by atoms with Crippen LogP contribution < -0.4 is 14.4 Å². The van der Waals surface area contributed by atoms with Gasteiger partial charge in [-0.3, -0.25) is 4.98 Å². The first-order valence-corrected chi connectivity index (χ1v) is 12.1. The number of sulfone groups is 1. The van der Waals surface area contributed by atoms with Gasteiger partial charge >= 0.3 is 0 Å². The van der Waals surface area contributed by atoms with E-state index >= 15 is 0 Å². The number of ether oxygens (including phenoxy) is 2. The van der Waals surface area contributed by atoms with Crippen LogP contribution >= 0.6 is 0 Å². The van der Waals surface area contributed by atoms with Crippen molar-refractivity contribution in [3.63, 3.8) is 0 Å². The number of hydrogen-bond acceptors (Lipinski definition) is 7. The SMILES string of the molecule is COc1ccc(S(=O)(=O)c2cnc3ccc(C)cc3c2N2CCCN(C)CC2)cc1OC. The fourth-order valence-electron chi connectivity index (χ4n) is 4.18. The zero-order valence-electron chi connectivity index (χ0n) is 19.0. The van der Waals surface area contributed by atoms with Crippen molar-refractivity contribution in [2.24, 2.45) is 0 Å². The average molecular weight is 456 g/mol. The first kappa shape index (κ1) is 22.4. The van der Waals surface area contributed by atoms with Crippen LogP contribution in [0.4, 0.5) is 5.69 Å². The largest absolute Gasteiger partial charge is 0.493 e. The lowest BCUT2D eigenvalue weighted by Gasteiger charge is -2.27. The molecule has 1 saturated heterocycles. The highest BCUT2D eigenvalue weighted by Gasteiger charge is 2.28. The molecular formula is C24H29N3O4S. The molecule has 0 amide bonds. The molecule has 1 aliphatic heterocycles. The van der Waals surface area contributed by atoms with Gasteiger partial charge in [0.05, 0.1) is 30.3 Å². The molecule has 0 radical (unpaired) electrons. The third-order valence-corrected chi connectivity index (χ3v) is 7.70. The van der Waals surface area contributed by atoms with Gasteiger partial charge < -0.3 is 19.3 Å². The zero-order valence-corrected chi connectivity index (χ0v) is 19.8. The molecule has 3 aromatic rings. The highest BCUT2D eigenvalue weighted by molar-refractivity contribution is 7.91. The standard InChI is InChI=1S/C24H29N3O4S/c1-17-6-8-20-19(14-17)24(27-11-5-10-26(2)12-13-27)23(16-25-20)32(28,29)18-7-9-21(30-3)22(15-18)31-4/h6-9,14-16H,5,10-13H2,1-4H3. The second-order valence-corrected chi connectivity index (χ2v) is 10.1. The second kappa shape index (κ2) is 8.96. The molecule has 0 spiro atoms. The summed E-state index contributed by atoms with van der Waals surface area (Å²) in [7, 11) is 1.25. The van der Waals surface area contributed by atoms with Gasteiger partial charge in [0.15, 0.2) is 11.5 Å². The Morgan fingerprint density at radius 2 is 1.72 bits per heavy atom. The maximum absolute atomic E-state index is 13.9. The molecule has 1 aromatic heterocycles. The molecule has 0 bridgehead atoms. The normalized spacial score (nSPS) is 15.6. The number of fused-ring (bicyclic) bond motifs is 1. The molecule has 32 heavy (non-hydrogen) atoms. The molecule has 2 heterocycles. The number of likely N-dealkylation sites (N-methyl/N-ethyl adjacent to an activating group) is 1. The molecule has 2 aromatic carbocycles. The minimum absolute atomic E-state index is 0.150. The van der Waals surface area contributed by atoms with E-state index in [0.717, 1.165) is 54.8 Å². The van der Waals surface area contributed by atoms with E-state index < -0.39 is 9.84 Å². The van der Waals surface area contributed by atoms with E-state index in [2.05, 4.69) is 21.8 Å². The van der Waals surface area contributed by atoms with Crippen molar-refractivity contribution in [2.75, 3.05) is 52.3 Å². The van der Waals surface area contributed by atoms with Gasteiger partial charge in [-0.2, -0.15) is 0 Å². The Balaban J connectivity index is 1.94. The van der Waals surface area contributed by atoms with Crippen LogP contribution in [0.3, 0.4) is 0 Å². The Kier molecular flexibility index (Phi) is 6.26. The number of rotatable bonds is 5. The minimum atomic E-state index is -3.86. The Hall–Kier alpha value is -2.84. The lowest BCUT2D eigenvalue weighted by molar-refractivity contribution is 0.354. The molecule has 1 aliphatic rings. The quantitative estimate of drug-likeness (QED) is 0.583. The van der Waals surface area contributed by atoms with E-state index in [9.17, 15) is 8.42 Å². The highest BCUT2D eigenvalue weighted by atomic mass is 32.2. The maximum atomic E-state index is 13.9. The summed E-state index contributed by atoms with van der Waals surface area (Å²) in [5, 5.41) is 0.858. The van der Waals surface area contributed by atoms with Crippen molar-refractivity contribution in [2.45, 2.75) is 23.1 Å². The van der Waals surface area contributed by atoms with Crippen molar-refractivity contribution in [1.82, 2.24) is 9.88 Å². The third kappa shape index (κ3) is 4.12. The summed E-state index contributed by atoms with van der Waals surface area (Å²) in [5.74, 6) is 0.852. The molecule has 0 saturated carbocycles. The molecule has 8 heteroatoms. The maximum Gasteiger partial charge on any atom is 0.210 e. The summed E-state index contributed by atoms with van der Waals surface area (Å²) in [4.78, 5) is 9.35. The van der Waals surface area contributed by atoms with Gasteiger partial charge in [0.25, 0.3) is 0 Å². The molecule has 0 aliphatic carbocycles.